The molecule has 4 heterocycles. The Morgan fingerprint density at radius 3 is 2.75 bits per heavy atom. The van der Waals surface area contributed by atoms with E-state index in [1.165, 1.54) is 31.7 Å². The Morgan fingerprint density at radius 2 is 1.88 bits per heavy atom. The minimum atomic E-state index is -0.260. The third-order valence-electron chi connectivity index (χ3n) is 7.86. The Labute approximate surface area is 231 Å². The number of aromatic nitrogens is 6. The summed E-state index contributed by atoms with van der Waals surface area (Å²) in [4.78, 5) is 17.5. The molecule has 8 heteroatoms. The summed E-state index contributed by atoms with van der Waals surface area (Å²) < 4.78 is 14.2. The number of benzene rings is 2. The van der Waals surface area contributed by atoms with Crippen LogP contribution < -0.4 is 5.32 Å². The summed E-state index contributed by atoms with van der Waals surface area (Å²) in [6.07, 6.45) is 10.9. The average Bonchev–Trinajstić information content (AvgIpc) is 3.71. The van der Waals surface area contributed by atoms with Crippen LogP contribution in [0, 0.1) is 18.7 Å². The lowest BCUT2D eigenvalue weighted by Crippen LogP contribution is -2.20. The summed E-state index contributed by atoms with van der Waals surface area (Å²) in [6.45, 7) is 3.75. The van der Waals surface area contributed by atoms with Crippen LogP contribution >= 0.6 is 0 Å². The zero-order chi connectivity index (χ0) is 27.1. The molecule has 0 unspecified atom stereocenters. The summed E-state index contributed by atoms with van der Waals surface area (Å²) in [6, 6.07) is 15.1. The molecule has 1 saturated carbocycles. The van der Waals surface area contributed by atoms with Crippen molar-refractivity contribution in [2.24, 2.45) is 5.92 Å². The second-order valence-electron chi connectivity index (χ2n) is 10.9. The Hall–Kier alpha value is -4.43. The highest BCUT2D eigenvalue weighted by Gasteiger charge is 2.17. The van der Waals surface area contributed by atoms with Gasteiger partial charge in [0.1, 0.15) is 11.5 Å². The maximum absolute atomic E-state index is 14.2. The van der Waals surface area contributed by atoms with Crippen molar-refractivity contribution in [1.29, 1.82) is 0 Å². The fraction of sp³-hybridized carbons (Fsp3) is 0.250. The molecule has 7 nitrogen and oxygen atoms in total. The minimum absolute atomic E-state index is 0.260. The first-order chi connectivity index (χ1) is 19.6. The maximum atomic E-state index is 14.2. The highest BCUT2D eigenvalue weighted by atomic mass is 19.1. The predicted octanol–water partition coefficient (Wildman–Crippen LogP) is 6.96. The van der Waals surface area contributed by atoms with E-state index in [4.69, 9.17) is 4.98 Å². The van der Waals surface area contributed by atoms with Gasteiger partial charge in [-0.15, -0.1) is 0 Å². The van der Waals surface area contributed by atoms with E-state index in [9.17, 15) is 4.39 Å². The van der Waals surface area contributed by atoms with Gasteiger partial charge in [-0.25, -0.2) is 9.37 Å². The molecule has 3 N–H and O–H groups in total. The van der Waals surface area contributed by atoms with Gasteiger partial charge in [-0.05, 0) is 79.3 Å². The molecule has 0 saturated heterocycles. The number of H-pyrrole nitrogens is 2. The molecule has 7 rings (SSSR count). The largest absolute Gasteiger partial charge is 0.337 e. The number of hydrogen-bond acceptors (Lipinski definition) is 5. The van der Waals surface area contributed by atoms with E-state index >= 15 is 0 Å². The lowest BCUT2D eigenvalue weighted by Gasteiger charge is -2.11. The molecule has 0 bridgehead atoms. The molecule has 0 amide bonds. The average molecular weight is 532 g/mol. The molecular weight excluding hydrogens is 501 g/mol. The lowest BCUT2D eigenvalue weighted by atomic mass is 10.0. The van der Waals surface area contributed by atoms with Gasteiger partial charge >= 0.3 is 0 Å². The van der Waals surface area contributed by atoms with E-state index in [1.54, 1.807) is 12.3 Å². The van der Waals surface area contributed by atoms with E-state index in [2.05, 4.69) is 36.5 Å². The molecule has 0 radical (unpaired) electrons. The Morgan fingerprint density at radius 1 is 0.975 bits per heavy atom. The topological polar surface area (TPSA) is 95.2 Å². The van der Waals surface area contributed by atoms with Crippen LogP contribution in [0.25, 0.3) is 55.8 Å². The van der Waals surface area contributed by atoms with Crippen molar-refractivity contribution < 1.29 is 4.39 Å². The van der Waals surface area contributed by atoms with Gasteiger partial charge in [0.15, 0.2) is 5.82 Å². The van der Waals surface area contributed by atoms with E-state index in [1.807, 2.05) is 49.6 Å². The van der Waals surface area contributed by atoms with Crippen LogP contribution in [0.4, 0.5) is 4.39 Å². The number of halogens is 1. The number of hydrogen-bond donors (Lipinski definition) is 3. The first-order valence-electron chi connectivity index (χ1n) is 13.9. The third kappa shape index (κ3) is 4.75. The molecular formula is C32H30FN7. The van der Waals surface area contributed by atoms with Gasteiger partial charge in [0, 0.05) is 35.5 Å². The van der Waals surface area contributed by atoms with E-state index < -0.39 is 0 Å². The summed E-state index contributed by atoms with van der Waals surface area (Å²) >= 11 is 0. The van der Waals surface area contributed by atoms with Gasteiger partial charge in [0.2, 0.25) is 0 Å². The molecule has 1 aliphatic carbocycles. The van der Waals surface area contributed by atoms with Crippen molar-refractivity contribution in [1.82, 2.24) is 35.5 Å². The van der Waals surface area contributed by atoms with E-state index in [0.29, 0.717) is 11.5 Å². The van der Waals surface area contributed by atoms with Crippen molar-refractivity contribution in [3.63, 3.8) is 0 Å². The highest BCUT2D eigenvalue weighted by molar-refractivity contribution is 5.97. The Bertz CT molecular complexity index is 1810. The van der Waals surface area contributed by atoms with Crippen molar-refractivity contribution in [3.8, 4) is 33.9 Å². The highest BCUT2D eigenvalue weighted by Crippen LogP contribution is 2.33. The van der Waals surface area contributed by atoms with Crippen LogP contribution in [0.5, 0.6) is 0 Å². The Kier molecular flexibility index (Phi) is 6.32. The summed E-state index contributed by atoms with van der Waals surface area (Å²) in [5.41, 5.74) is 8.62. The number of nitrogens with zero attached hydrogens (tertiary/aromatic N) is 4. The van der Waals surface area contributed by atoms with Crippen molar-refractivity contribution in [2.45, 2.75) is 39.2 Å². The molecule has 1 fully saturated rings. The van der Waals surface area contributed by atoms with E-state index in [-0.39, 0.29) is 5.82 Å². The number of fused-ring (bicyclic) bond motifs is 2. The number of aromatic amines is 2. The zero-order valence-electron chi connectivity index (χ0n) is 22.3. The number of imidazole rings is 1. The number of rotatable bonds is 7. The fourth-order valence-electron chi connectivity index (χ4n) is 5.88. The molecule has 40 heavy (non-hydrogen) atoms. The van der Waals surface area contributed by atoms with Crippen molar-refractivity contribution in [3.05, 3.63) is 84.1 Å². The molecule has 6 aromatic rings. The second kappa shape index (κ2) is 10.3. The van der Waals surface area contributed by atoms with Crippen molar-refractivity contribution >= 4 is 21.9 Å². The standard InChI is InChI=1S/C32H30FN7/c1-19-9-22(12-24(33)10-19)25-7-4-8-27-30(25)38-32(37-27)31-26-13-28(36-18-29(26)39-40-31)23-11-21(16-35-17-23)15-34-14-20-5-2-3-6-20/h4,7-13,16-18,20,34H,2-3,5-6,14-15H2,1H3,(H,37,38)(H,39,40). The lowest BCUT2D eigenvalue weighted by molar-refractivity contribution is 0.489. The smallest absolute Gasteiger partial charge is 0.159 e. The van der Waals surface area contributed by atoms with Gasteiger partial charge in [-0.3, -0.25) is 15.1 Å². The van der Waals surface area contributed by atoms with Crippen LogP contribution in [0.2, 0.25) is 0 Å². The number of aryl methyl sites for hydroxylation is 1. The number of para-hydroxylation sites is 1. The number of pyridine rings is 2. The molecule has 0 aliphatic heterocycles. The zero-order valence-corrected chi connectivity index (χ0v) is 22.3. The predicted molar refractivity (Wildman–Crippen MR) is 156 cm³/mol. The third-order valence-corrected chi connectivity index (χ3v) is 7.86. The van der Waals surface area contributed by atoms with Crippen LogP contribution in [0.1, 0.15) is 36.8 Å². The van der Waals surface area contributed by atoms with Crippen LogP contribution in [-0.2, 0) is 6.54 Å². The van der Waals surface area contributed by atoms with Gasteiger partial charge in [-0.1, -0.05) is 31.0 Å². The maximum Gasteiger partial charge on any atom is 0.159 e. The van der Waals surface area contributed by atoms with E-state index in [0.717, 1.165) is 74.5 Å². The van der Waals surface area contributed by atoms with Crippen LogP contribution in [0.3, 0.4) is 0 Å². The van der Waals surface area contributed by atoms with Crippen LogP contribution in [-0.4, -0.2) is 36.7 Å². The van der Waals surface area contributed by atoms with Gasteiger partial charge in [-0.2, -0.15) is 5.10 Å². The quantitative estimate of drug-likeness (QED) is 0.207. The van der Waals surface area contributed by atoms with Crippen molar-refractivity contribution in [2.75, 3.05) is 6.54 Å². The van der Waals surface area contributed by atoms with Gasteiger partial charge < -0.3 is 10.3 Å². The Balaban J connectivity index is 1.21. The minimum Gasteiger partial charge on any atom is -0.337 e. The van der Waals surface area contributed by atoms with Crippen LogP contribution in [0.15, 0.2) is 67.1 Å². The molecule has 4 aromatic heterocycles. The summed E-state index contributed by atoms with van der Waals surface area (Å²) in [5.74, 6) is 1.18. The summed E-state index contributed by atoms with van der Waals surface area (Å²) in [7, 11) is 0. The number of nitrogens with one attached hydrogen (secondary N) is 3. The molecule has 0 atom stereocenters. The fourth-order valence-corrected chi connectivity index (χ4v) is 5.88. The molecule has 0 spiro atoms. The molecule has 1 aliphatic rings. The summed E-state index contributed by atoms with van der Waals surface area (Å²) in [5, 5.41) is 12.2. The van der Waals surface area contributed by atoms with Gasteiger partial charge in [0.25, 0.3) is 0 Å². The molecule has 200 valence electrons. The second-order valence-corrected chi connectivity index (χ2v) is 10.9. The molecule has 2 aromatic carbocycles. The van der Waals surface area contributed by atoms with Gasteiger partial charge in [0.05, 0.1) is 28.4 Å². The first kappa shape index (κ1) is 24.6. The normalized spacial score (nSPS) is 14.1. The first-order valence-corrected chi connectivity index (χ1v) is 13.9. The SMILES string of the molecule is Cc1cc(F)cc(-c2cccc3[nH]c(-c4n[nH]c5cnc(-c6cncc(CNCC7CCCC7)c6)cc45)nc23)c1. The monoisotopic (exact) mass is 531 g/mol.